The molecule has 0 unspecified atom stereocenters. The Kier molecular flexibility index (Phi) is 3.85. The van der Waals surface area contributed by atoms with Gasteiger partial charge in [-0.1, -0.05) is 32.0 Å². The molecule has 1 aromatic heterocycles. The quantitative estimate of drug-likeness (QED) is 0.867. The van der Waals surface area contributed by atoms with Gasteiger partial charge in [-0.3, -0.25) is 0 Å². The fourth-order valence-corrected chi connectivity index (χ4v) is 2.25. The lowest BCUT2D eigenvalue weighted by Gasteiger charge is -2.15. The molecule has 0 aliphatic carbocycles. The van der Waals surface area contributed by atoms with Crippen LogP contribution in [0.25, 0.3) is 11.5 Å². The van der Waals surface area contributed by atoms with Crippen LogP contribution in [0.3, 0.4) is 0 Å². The Labute approximate surface area is 117 Å². The van der Waals surface area contributed by atoms with Gasteiger partial charge in [0.05, 0.1) is 5.75 Å². The first-order valence-corrected chi connectivity index (χ1v) is 7.17. The Morgan fingerprint density at radius 3 is 2.74 bits per heavy atom. The predicted octanol–water partition coefficient (Wildman–Crippen LogP) is 3.66. The number of aromatic nitrogens is 2. The average molecular weight is 277 g/mol. The fraction of sp³-hybridized carbons (Fsp3) is 0.429. The van der Waals surface area contributed by atoms with Gasteiger partial charge in [-0.05, 0) is 24.6 Å². The van der Waals surface area contributed by atoms with Crippen LogP contribution in [0, 0.1) is 6.92 Å². The maximum atomic E-state index is 5.79. The number of nitrogens with two attached hydrogens (primary N) is 1. The van der Waals surface area contributed by atoms with Crippen molar-refractivity contribution in [3.05, 3.63) is 29.6 Å². The molecule has 2 aromatic rings. The van der Waals surface area contributed by atoms with Gasteiger partial charge in [-0.15, -0.1) is 11.8 Å². The van der Waals surface area contributed by atoms with E-state index in [9.17, 15) is 0 Å². The van der Waals surface area contributed by atoms with Crippen LogP contribution < -0.4 is 5.73 Å². The summed E-state index contributed by atoms with van der Waals surface area (Å²) in [5, 5.41) is 4.02. The summed E-state index contributed by atoms with van der Waals surface area (Å²) in [7, 11) is 0. The third-order valence-corrected chi connectivity index (χ3v) is 3.86. The summed E-state index contributed by atoms with van der Waals surface area (Å²) in [6.45, 7) is 8.50. The highest BCUT2D eigenvalue weighted by atomic mass is 32.2. The minimum Gasteiger partial charge on any atom is -0.399 e. The standard InChI is InChI=1S/C14H19N3OS/c1-9-5-6-10(15)7-11(9)13-16-12(17-18-13)8-19-14(2,3)4/h5-7H,8,15H2,1-4H3. The lowest BCUT2D eigenvalue weighted by molar-refractivity contribution is 0.425. The normalized spacial score (nSPS) is 11.8. The number of benzene rings is 1. The van der Waals surface area contributed by atoms with Crippen molar-refractivity contribution >= 4 is 17.4 Å². The molecule has 0 fully saturated rings. The summed E-state index contributed by atoms with van der Waals surface area (Å²) >= 11 is 1.79. The third kappa shape index (κ3) is 3.73. The van der Waals surface area contributed by atoms with E-state index in [-0.39, 0.29) is 4.75 Å². The molecule has 19 heavy (non-hydrogen) atoms. The van der Waals surface area contributed by atoms with E-state index >= 15 is 0 Å². The van der Waals surface area contributed by atoms with E-state index in [1.165, 1.54) is 0 Å². The van der Waals surface area contributed by atoms with Gasteiger partial charge < -0.3 is 10.3 Å². The summed E-state index contributed by atoms with van der Waals surface area (Å²) in [5.74, 6) is 2.00. The maximum Gasteiger partial charge on any atom is 0.258 e. The van der Waals surface area contributed by atoms with Crippen LogP contribution in [-0.2, 0) is 5.75 Å². The summed E-state index contributed by atoms with van der Waals surface area (Å²) < 4.78 is 5.51. The van der Waals surface area contributed by atoms with Crippen LogP contribution in [-0.4, -0.2) is 14.9 Å². The van der Waals surface area contributed by atoms with Crippen LogP contribution >= 0.6 is 11.8 Å². The number of nitrogens with zero attached hydrogens (tertiary/aromatic N) is 2. The van der Waals surface area contributed by atoms with E-state index in [0.29, 0.717) is 11.6 Å². The van der Waals surface area contributed by atoms with Crippen molar-refractivity contribution < 1.29 is 4.52 Å². The highest BCUT2D eigenvalue weighted by Crippen LogP contribution is 2.28. The van der Waals surface area contributed by atoms with Crippen molar-refractivity contribution in [2.45, 2.75) is 38.2 Å². The Bertz CT molecular complexity index is 572. The van der Waals surface area contributed by atoms with E-state index in [2.05, 4.69) is 30.9 Å². The zero-order valence-electron chi connectivity index (χ0n) is 11.7. The topological polar surface area (TPSA) is 64.9 Å². The van der Waals surface area contributed by atoms with Gasteiger partial charge >= 0.3 is 0 Å². The van der Waals surface area contributed by atoms with Crippen molar-refractivity contribution in [2.24, 2.45) is 0 Å². The largest absolute Gasteiger partial charge is 0.399 e. The Morgan fingerprint density at radius 1 is 1.32 bits per heavy atom. The molecule has 0 aliphatic heterocycles. The predicted molar refractivity (Wildman–Crippen MR) is 79.9 cm³/mol. The molecule has 0 amide bonds. The Morgan fingerprint density at radius 2 is 2.05 bits per heavy atom. The number of hydrogen-bond donors (Lipinski definition) is 1. The van der Waals surface area contributed by atoms with Crippen LogP contribution in [0.2, 0.25) is 0 Å². The van der Waals surface area contributed by atoms with Gasteiger partial charge in [-0.25, -0.2) is 0 Å². The number of nitrogen functional groups attached to an aromatic ring is 1. The molecule has 4 nitrogen and oxygen atoms in total. The summed E-state index contributed by atoms with van der Waals surface area (Å²) in [5.41, 5.74) is 8.47. The third-order valence-electron chi connectivity index (χ3n) is 2.59. The van der Waals surface area contributed by atoms with Crippen molar-refractivity contribution in [1.82, 2.24) is 10.1 Å². The SMILES string of the molecule is Cc1ccc(N)cc1-c1nc(CSC(C)(C)C)no1. The minimum absolute atomic E-state index is 0.188. The molecule has 0 saturated heterocycles. The first kappa shape index (κ1) is 13.9. The first-order valence-electron chi connectivity index (χ1n) is 6.18. The first-order chi connectivity index (χ1) is 8.85. The molecule has 1 heterocycles. The molecule has 1 aromatic carbocycles. The molecule has 0 saturated carbocycles. The van der Waals surface area contributed by atoms with Crippen molar-refractivity contribution in [2.75, 3.05) is 5.73 Å². The number of rotatable bonds is 3. The molecular formula is C14H19N3OS. The van der Waals surface area contributed by atoms with Crippen LogP contribution in [0.1, 0.15) is 32.2 Å². The number of aryl methyl sites for hydroxylation is 1. The number of thioether (sulfide) groups is 1. The van der Waals surface area contributed by atoms with Gasteiger partial charge in [0.1, 0.15) is 0 Å². The van der Waals surface area contributed by atoms with Crippen molar-refractivity contribution in [3.8, 4) is 11.5 Å². The van der Waals surface area contributed by atoms with E-state index in [1.54, 1.807) is 11.8 Å². The zero-order chi connectivity index (χ0) is 14.0. The Hall–Kier alpha value is -1.49. The second kappa shape index (κ2) is 5.25. The number of anilines is 1. The molecule has 0 bridgehead atoms. The highest BCUT2D eigenvalue weighted by molar-refractivity contribution is 7.99. The second-order valence-electron chi connectivity index (χ2n) is 5.49. The molecule has 2 N–H and O–H groups in total. The second-order valence-corrected chi connectivity index (χ2v) is 7.29. The molecule has 0 spiro atoms. The van der Waals surface area contributed by atoms with Crippen LogP contribution in [0.15, 0.2) is 22.7 Å². The zero-order valence-corrected chi connectivity index (χ0v) is 12.5. The Balaban J connectivity index is 2.19. The molecule has 0 radical (unpaired) electrons. The van der Waals surface area contributed by atoms with Gasteiger partial charge in [0, 0.05) is 16.0 Å². The van der Waals surface area contributed by atoms with E-state index in [1.807, 2.05) is 25.1 Å². The molecule has 2 rings (SSSR count). The summed E-state index contributed by atoms with van der Waals surface area (Å²) in [6, 6.07) is 5.69. The van der Waals surface area contributed by atoms with Crippen molar-refractivity contribution in [1.29, 1.82) is 0 Å². The van der Waals surface area contributed by atoms with Crippen LogP contribution in [0.5, 0.6) is 0 Å². The fourth-order valence-electron chi connectivity index (χ4n) is 1.57. The van der Waals surface area contributed by atoms with E-state index < -0.39 is 0 Å². The summed E-state index contributed by atoms with van der Waals surface area (Å²) in [4.78, 5) is 4.43. The van der Waals surface area contributed by atoms with Gasteiger partial charge in [0.2, 0.25) is 0 Å². The molecular weight excluding hydrogens is 258 g/mol. The van der Waals surface area contributed by atoms with E-state index in [0.717, 1.165) is 22.7 Å². The lowest BCUT2D eigenvalue weighted by Crippen LogP contribution is -2.07. The maximum absolute atomic E-state index is 5.79. The lowest BCUT2D eigenvalue weighted by atomic mass is 10.1. The van der Waals surface area contributed by atoms with Gasteiger partial charge in [0.25, 0.3) is 5.89 Å². The minimum atomic E-state index is 0.188. The summed E-state index contributed by atoms with van der Waals surface area (Å²) in [6.07, 6.45) is 0. The number of hydrogen-bond acceptors (Lipinski definition) is 5. The highest BCUT2D eigenvalue weighted by Gasteiger charge is 2.15. The molecule has 5 heteroatoms. The molecule has 0 aliphatic rings. The van der Waals surface area contributed by atoms with Gasteiger partial charge in [0.15, 0.2) is 5.82 Å². The molecule has 102 valence electrons. The average Bonchev–Trinajstić information content (AvgIpc) is 2.77. The molecule has 0 atom stereocenters. The van der Waals surface area contributed by atoms with E-state index in [4.69, 9.17) is 10.3 Å². The van der Waals surface area contributed by atoms with Gasteiger partial charge in [-0.2, -0.15) is 4.98 Å². The van der Waals surface area contributed by atoms with Crippen LogP contribution in [0.4, 0.5) is 5.69 Å². The van der Waals surface area contributed by atoms with Crippen molar-refractivity contribution in [3.63, 3.8) is 0 Å². The smallest absolute Gasteiger partial charge is 0.258 e. The monoisotopic (exact) mass is 277 g/mol.